The summed E-state index contributed by atoms with van der Waals surface area (Å²) in [6.07, 6.45) is 0.721. The Morgan fingerprint density at radius 1 is 1.36 bits per heavy atom. The van der Waals surface area contributed by atoms with E-state index in [0.29, 0.717) is 13.1 Å². The standard InChI is InChI=1S/C19H22F2N4O3/c1-11(26)23-7-13-8-25(18(27)28-13)12-5-14(20)17(15(21)6-12)24-9-16(22-2)19(10-24)3-4-19/h5-6,13H,3-4,7-10H2,1-2H3,(H,23,26)/t13-/m0/s1. The number of carbonyl (C=O) groups is 2. The molecule has 1 N–H and O–H groups in total. The normalized spacial score (nSPS) is 24.2. The lowest BCUT2D eigenvalue weighted by Crippen LogP contribution is -2.33. The number of cyclic esters (lactones) is 1. The Morgan fingerprint density at radius 3 is 2.57 bits per heavy atom. The fourth-order valence-electron chi connectivity index (χ4n) is 4.03. The molecule has 7 nitrogen and oxygen atoms in total. The number of anilines is 2. The highest BCUT2D eigenvalue weighted by atomic mass is 19.1. The first kappa shape index (κ1) is 18.6. The van der Waals surface area contributed by atoms with E-state index in [0.717, 1.165) is 30.7 Å². The van der Waals surface area contributed by atoms with Gasteiger partial charge in [0, 0.05) is 43.8 Å². The van der Waals surface area contributed by atoms with E-state index in [4.69, 9.17) is 4.74 Å². The number of aliphatic imine (C=N–C) groups is 1. The molecule has 3 aliphatic rings. The van der Waals surface area contributed by atoms with E-state index in [2.05, 4.69) is 10.3 Å². The first-order chi connectivity index (χ1) is 13.3. The van der Waals surface area contributed by atoms with Crippen LogP contribution in [-0.4, -0.2) is 57.0 Å². The minimum atomic E-state index is -0.721. The van der Waals surface area contributed by atoms with Crippen LogP contribution in [0.1, 0.15) is 19.8 Å². The van der Waals surface area contributed by atoms with E-state index < -0.39 is 23.8 Å². The number of rotatable bonds is 4. The third kappa shape index (κ3) is 3.18. The summed E-state index contributed by atoms with van der Waals surface area (Å²) >= 11 is 0. The van der Waals surface area contributed by atoms with Gasteiger partial charge in [-0.15, -0.1) is 0 Å². The van der Waals surface area contributed by atoms with Gasteiger partial charge in [0.2, 0.25) is 5.91 Å². The number of carbonyl (C=O) groups excluding carboxylic acids is 2. The number of amides is 2. The third-order valence-corrected chi connectivity index (χ3v) is 5.65. The second-order valence-corrected chi connectivity index (χ2v) is 7.62. The number of nitrogens with zero attached hydrogens (tertiary/aromatic N) is 3. The molecule has 0 unspecified atom stereocenters. The van der Waals surface area contributed by atoms with Crippen molar-refractivity contribution in [2.45, 2.75) is 25.9 Å². The van der Waals surface area contributed by atoms with Gasteiger partial charge in [0.15, 0.2) is 11.6 Å². The lowest BCUT2D eigenvalue weighted by molar-refractivity contribution is -0.119. The number of halogens is 2. The Labute approximate surface area is 161 Å². The average molecular weight is 392 g/mol. The Balaban J connectivity index is 1.54. The number of ether oxygens (including phenoxy) is 1. The average Bonchev–Trinajstić information content (AvgIpc) is 3.16. The smallest absolute Gasteiger partial charge is 0.414 e. The molecule has 2 heterocycles. The molecule has 1 aromatic carbocycles. The highest BCUT2D eigenvalue weighted by Crippen LogP contribution is 2.52. The van der Waals surface area contributed by atoms with Crippen LogP contribution in [0, 0.1) is 17.0 Å². The van der Waals surface area contributed by atoms with Crippen molar-refractivity contribution >= 4 is 29.1 Å². The summed E-state index contributed by atoms with van der Waals surface area (Å²) in [4.78, 5) is 30.3. The van der Waals surface area contributed by atoms with Crippen molar-refractivity contribution in [2.24, 2.45) is 10.4 Å². The zero-order valence-corrected chi connectivity index (χ0v) is 15.8. The number of hydrogen-bond acceptors (Lipinski definition) is 5. The Bertz CT molecular complexity index is 846. The van der Waals surface area contributed by atoms with Crippen LogP contribution in [0.4, 0.5) is 25.0 Å². The van der Waals surface area contributed by atoms with Gasteiger partial charge in [0.25, 0.3) is 0 Å². The number of nitrogens with one attached hydrogen (secondary N) is 1. The topological polar surface area (TPSA) is 74.2 Å². The monoisotopic (exact) mass is 392 g/mol. The molecule has 2 amide bonds. The van der Waals surface area contributed by atoms with Crippen LogP contribution in [0.25, 0.3) is 0 Å². The summed E-state index contributed by atoms with van der Waals surface area (Å²) in [5, 5.41) is 2.56. The molecule has 3 fully saturated rings. The van der Waals surface area contributed by atoms with E-state index in [1.54, 1.807) is 11.9 Å². The molecule has 1 atom stereocenters. The third-order valence-electron chi connectivity index (χ3n) is 5.65. The molecule has 1 spiro atoms. The maximum Gasteiger partial charge on any atom is 0.414 e. The van der Waals surface area contributed by atoms with Crippen LogP contribution in [0.15, 0.2) is 17.1 Å². The molecule has 1 saturated carbocycles. The summed E-state index contributed by atoms with van der Waals surface area (Å²) < 4.78 is 34.8. The lowest BCUT2D eigenvalue weighted by Gasteiger charge is -2.21. The molecule has 150 valence electrons. The van der Waals surface area contributed by atoms with Crippen molar-refractivity contribution in [1.82, 2.24) is 5.32 Å². The van der Waals surface area contributed by atoms with E-state index in [-0.39, 0.29) is 35.8 Å². The first-order valence-electron chi connectivity index (χ1n) is 9.26. The zero-order valence-electron chi connectivity index (χ0n) is 15.8. The minimum Gasteiger partial charge on any atom is -0.442 e. The Morgan fingerprint density at radius 2 is 2.04 bits per heavy atom. The molecule has 1 aromatic rings. The van der Waals surface area contributed by atoms with Crippen molar-refractivity contribution in [3.05, 3.63) is 23.8 Å². The summed E-state index contributed by atoms with van der Waals surface area (Å²) in [5.74, 6) is -1.69. The van der Waals surface area contributed by atoms with Crippen LogP contribution in [0.3, 0.4) is 0 Å². The van der Waals surface area contributed by atoms with Gasteiger partial charge in [0.05, 0.1) is 25.3 Å². The van der Waals surface area contributed by atoms with E-state index in [1.165, 1.54) is 11.8 Å². The van der Waals surface area contributed by atoms with Crippen LogP contribution in [0.2, 0.25) is 0 Å². The van der Waals surface area contributed by atoms with Crippen LogP contribution in [0.5, 0.6) is 0 Å². The molecule has 4 rings (SSSR count). The summed E-state index contributed by atoms with van der Waals surface area (Å²) in [5.41, 5.74) is 0.969. The van der Waals surface area contributed by atoms with Crippen molar-refractivity contribution in [3.8, 4) is 0 Å². The largest absolute Gasteiger partial charge is 0.442 e. The molecule has 0 radical (unpaired) electrons. The van der Waals surface area contributed by atoms with Crippen molar-refractivity contribution in [3.63, 3.8) is 0 Å². The van der Waals surface area contributed by atoms with Crippen molar-refractivity contribution < 1.29 is 23.1 Å². The fourth-order valence-corrected chi connectivity index (χ4v) is 4.03. The van der Waals surface area contributed by atoms with Gasteiger partial charge in [-0.3, -0.25) is 14.7 Å². The lowest BCUT2D eigenvalue weighted by atomic mass is 10.1. The Kier molecular flexibility index (Phi) is 4.47. The van der Waals surface area contributed by atoms with Crippen molar-refractivity contribution in [1.29, 1.82) is 0 Å². The van der Waals surface area contributed by atoms with Gasteiger partial charge in [-0.05, 0) is 12.8 Å². The quantitative estimate of drug-likeness (QED) is 0.852. The molecular formula is C19H22F2N4O3. The van der Waals surface area contributed by atoms with Gasteiger partial charge < -0.3 is 15.0 Å². The predicted octanol–water partition coefficient (Wildman–Crippen LogP) is 2.10. The van der Waals surface area contributed by atoms with Gasteiger partial charge in [-0.1, -0.05) is 0 Å². The molecular weight excluding hydrogens is 370 g/mol. The van der Waals surface area contributed by atoms with E-state index in [1.807, 2.05) is 0 Å². The van der Waals surface area contributed by atoms with Crippen molar-refractivity contribution in [2.75, 3.05) is 43.0 Å². The molecule has 2 saturated heterocycles. The van der Waals surface area contributed by atoms with Gasteiger partial charge in [-0.2, -0.15) is 0 Å². The zero-order chi connectivity index (χ0) is 20.1. The highest BCUT2D eigenvalue weighted by molar-refractivity contribution is 5.99. The molecule has 1 aliphatic carbocycles. The molecule has 28 heavy (non-hydrogen) atoms. The highest BCUT2D eigenvalue weighted by Gasteiger charge is 2.53. The summed E-state index contributed by atoms with van der Waals surface area (Å²) in [7, 11) is 1.71. The molecule has 0 bridgehead atoms. The van der Waals surface area contributed by atoms with Crippen LogP contribution >= 0.6 is 0 Å². The predicted molar refractivity (Wildman–Crippen MR) is 99.9 cm³/mol. The van der Waals surface area contributed by atoms with E-state index in [9.17, 15) is 18.4 Å². The summed E-state index contributed by atoms with van der Waals surface area (Å²) in [6, 6.07) is 2.31. The van der Waals surface area contributed by atoms with E-state index >= 15 is 0 Å². The maximum absolute atomic E-state index is 14.8. The first-order valence-corrected chi connectivity index (χ1v) is 9.26. The maximum atomic E-state index is 14.8. The van der Waals surface area contributed by atoms with Crippen LogP contribution < -0.4 is 15.1 Å². The van der Waals surface area contributed by atoms with Gasteiger partial charge >= 0.3 is 6.09 Å². The SMILES string of the molecule is CN=C1CN(c2c(F)cc(N3C[C@H](CNC(C)=O)OC3=O)cc2F)CC12CC2. The second kappa shape index (κ2) is 6.72. The molecule has 2 aliphatic heterocycles. The van der Waals surface area contributed by atoms with Crippen LogP contribution in [-0.2, 0) is 9.53 Å². The van der Waals surface area contributed by atoms with Gasteiger partial charge in [-0.25, -0.2) is 13.6 Å². The van der Waals surface area contributed by atoms with Gasteiger partial charge in [0.1, 0.15) is 11.8 Å². The molecule has 0 aromatic heterocycles. The minimum absolute atomic E-state index is 0.0258. The Hall–Kier alpha value is -2.71. The fraction of sp³-hybridized carbons (Fsp3) is 0.526. The number of hydrogen-bond donors (Lipinski definition) is 1. The molecule has 9 heteroatoms. The second-order valence-electron chi connectivity index (χ2n) is 7.62. The number of benzene rings is 1. The summed E-state index contributed by atoms with van der Waals surface area (Å²) in [6.45, 7) is 2.58.